The van der Waals surface area contributed by atoms with Crippen molar-refractivity contribution in [3.63, 3.8) is 0 Å². The van der Waals surface area contributed by atoms with Crippen LogP contribution in [0, 0.1) is 10.5 Å². The van der Waals surface area contributed by atoms with E-state index >= 15 is 0 Å². The second-order valence-corrected chi connectivity index (χ2v) is 6.26. The maximum atomic E-state index is 12.4. The summed E-state index contributed by atoms with van der Waals surface area (Å²) >= 11 is 8.28. The minimum atomic E-state index is -0.330. The molecular weight excluding hydrogens is 377 g/mol. The number of aryl methyl sites for hydroxylation is 1. The van der Waals surface area contributed by atoms with Crippen LogP contribution in [0.1, 0.15) is 28.8 Å². The van der Waals surface area contributed by atoms with Gasteiger partial charge in [0.05, 0.1) is 11.1 Å². The van der Waals surface area contributed by atoms with E-state index in [2.05, 4.69) is 27.9 Å². The van der Waals surface area contributed by atoms with Crippen LogP contribution in [0.4, 0.5) is 0 Å². The van der Waals surface area contributed by atoms with Crippen LogP contribution in [-0.4, -0.2) is 30.5 Å². The van der Waals surface area contributed by atoms with Crippen molar-refractivity contribution in [2.45, 2.75) is 25.3 Å². The standard InChI is InChI=1S/C14H17ClINO2/c1-10-3-2-4-11(12(10)16)13(18)17-14(9-15)5-7-19-8-6-14/h2-4H,5-9H2,1H3,(H,17,18). The maximum Gasteiger partial charge on any atom is 0.252 e. The van der Waals surface area contributed by atoms with Crippen LogP contribution in [0.25, 0.3) is 0 Å². The minimum Gasteiger partial charge on any atom is -0.381 e. The average molecular weight is 394 g/mol. The Hall–Kier alpha value is -0.330. The number of hydrogen-bond donors (Lipinski definition) is 1. The first-order valence-corrected chi connectivity index (χ1v) is 7.91. The van der Waals surface area contributed by atoms with Crippen molar-refractivity contribution in [3.8, 4) is 0 Å². The van der Waals surface area contributed by atoms with Crippen molar-refractivity contribution < 1.29 is 9.53 Å². The third kappa shape index (κ3) is 3.41. The Morgan fingerprint density at radius 3 is 2.79 bits per heavy atom. The van der Waals surface area contributed by atoms with Crippen LogP contribution in [0.3, 0.4) is 0 Å². The molecule has 1 aliphatic heterocycles. The van der Waals surface area contributed by atoms with Crippen molar-refractivity contribution in [2.75, 3.05) is 19.1 Å². The molecule has 0 atom stereocenters. The van der Waals surface area contributed by atoms with Crippen molar-refractivity contribution in [1.29, 1.82) is 0 Å². The first-order valence-electron chi connectivity index (χ1n) is 6.29. The van der Waals surface area contributed by atoms with E-state index in [1.54, 1.807) is 0 Å². The lowest BCUT2D eigenvalue weighted by Gasteiger charge is -2.36. The summed E-state index contributed by atoms with van der Waals surface area (Å²) < 4.78 is 6.34. The summed E-state index contributed by atoms with van der Waals surface area (Å²) in [6, 6.07) is 5.76. The third-order valence-corrected chi connectivity index (χ3v) is 5.46. The lowest BCUT2D eigenvalue weighted by atomic mass is 9.91. The van der Waals surface area contributed by atoms with Gasteiger partial charge in [-0.05, 0) is 54.0 Å². The Labute approximate surface area is 132 Å². The SMILES string of the molecule is Cc1cccc(C(=O)NC2(CCl)CCOCC2)c1I. The average Bonchev–Trinajstić information content (AvgIpc) is 2.42. The highest BCUT2D eigenvalue weighted by molar-refractivity contribution is 14.1. The number of ether oxygens (including phenoxy) is 1. The van der Waals surface area contributed by atoms with Crippen LogP contribution in [-0.2, 0) is 4.74 Å². The van der Waals surface area contributed by atoms with E-state index < -0.39 is 0 Å². The first-order chi connectivity index (χ1) is 9.08. The van der Waals surface area contributed by atoms with Gasteiger partial charge < -0.3 is 10.1 Å². The topological polar surface area (TPSA) is 38.3 Å². The summed E-state index contributed by atoms with van der Waals surface area (Å²) in [7, 11) is 0. The molecule has 0 unspecified atom stereocenters. The number of benzene rings is 1. The normalized spacial score (nSPS) is 18.1. The smallest absolute Gasteiger partial charge is 0.252 e. The highest BCUT2D eigenvalue weighted by atomic mass is 127. The van der Waals surface area contributed by atoms with Gasteiger partial charge in [-0.1, -0.05) is 12.1 Å². The van der Waals surface area contributed by atoms with Gasteiger partial charge in [-0.2, -0.15) is 0 Å². The van der Waals surface area contributed by atoms with E-state index in [9.17, 15) is 4.79 Å². The van der Waals surface area contributed by atoms with Crippen molar-refractivity contribution in [3.05, 3.63) is 32.9 Å². The van der Waals surface area contributed by atoms with Crippen molar-refractivity contribution >= 4 is 40.1 Å². The van der Waals surface area contributed by atoms with E-state index in [-0.39, 0.29) is 11.4 Å². The second kappa shape index (κ2) is 6.41. The van der Waals surface area contributed by atoms with Crippen molar-refractivity contribution in [2.24, 2.45) is 0 Å². The molecule has 0 bridgehead atoms. The van der Waals surface area contributed by atoms with E-state index in [4.69, 9.17) is 16.3 Å². The van der Waals surface area contributed by atoms with Crippen molar-refractivity contribution in [1.82, 2.24) is 5.32 Å². The Kier molecular flexibility index (Phi) is 5.09. The number of carbonyl (C=O) groups is 1. The predicted molar refractivity (Wildman–Crippen MR) is 84.9 cm³/mol. The summed E-state index contributed by atoms with van der Waals surface area (Å²) in [6.07, 6.45) is 1.54. The van der Waals surface area contributed by atoms with Gasteiger partial charge in [0, 0.05) is 22.7 Å². The van der Waals surface area contributed by atoms with Crippen LogP contribution in [0.2, 0.25) is 0 Å². The van der Waals surface area contributed by atoms with Gasteiger partial charge in [-0.25, -0.2) is 0 Å². The summed E-state index contributed by atoms with van der Waals surface area (Å²) in [6.45, 7) is 3.31. The van der Waals surface area contributed by atoms with Gasteiger partial charge in [0.1, 0.15) is 0 Å². The van der Waals surface area contributed by atoms with Crippen LogP contribution in [0.5, 0.6) is 0 Å². The van der Waals surface area contributed by atoms with E-state index in [1.165, 1.54) is 0 Å². The molecule has 1 fully saturated rings. The number of amides is 1. The molecule has 1 N–H and O–H groups in total. The molecule has 0 saturated carbocycles. The number of alkyl halides is 1. The van der Waals surface area contributed by atoms with E-state index in [1.807, 2.05) is 25.1 Å². The fourth-order valence-corrected chi connectivity index (χ4v) is 3.12. The third-order valence-electron chi connectivity index (χ3n) is 3.52. The molecule has 1 saturated heterocycles. The lowest BCUT2D eigenvalue weighted by molar-refractivity contribution is 0.0433. The van der Waals surface area contributed by atoms with E-state index in [0.717, 1.165) is 27.5 Å². The van der Waals surface area contributed by atoms with Gasteiger partial charge in [-0.15, -0.1) is 11.6 Å². The van der Waals surface area contributed by atoms with Crippen LogP contribution >= 0.6 is 34.2 Å². The monoisotopic (exact) mass is 393 g/mol. The fraction of sp³-hybridized carbons (Fsp3) is 0.500. The number of halogens is 2. The largest absolute Gasteiger partial charge is 0.381 e. The molecule has 2 rings (SSSR count). The van der Waals surface area contributed by atoms with E-state index in [0.29, 0.717) is 19.1 Å². The summed E-state index contributed by atoms with van der Waals surface area (Å²) in [4.78, 5) is 12.4. The Morgan fingerprint density at radius 1 is 1.47 bits per heavy atom. The minimum absolute atomic E-state index is 0.0457. The van der Waals surface area contributed by atoms with Gasteiger partial charge >= 0.3 is 0 Å². The highest BCUT2D eigenvalue weighted by Gasteiger charge is 2.33. The zero-order chi connectivity index (χ0) is 13.9. The second-order valence-electron chi connectivity index (χ2n) is 4.92. The summed E-state index contributed by atoms with van der Waals surface area (Å²) in [5.41, 5.74) is 1.50. The fourth-order valence-electron chi connectivity index (χ4n) is 2.19. The van der Waals surface area contributed by atoms with Gasteiger partial charge in [0.15, 0.2) is 0 Å². The molecule has 5 heteroatoms. The molecule has 19 heavy (non-hydrogen) atoms. The quantitative estimate of drug-likeness (QED) is 0.633. The molecule has 1 heterocycles. The molecule has 0 aliphatic carbocycles. The zero-order valence-electron chi connectivity index (χ0n) is 10.8. The number of nitrogens with one attached hydrogen (secondary N) is 1. The molecule has 1 aromatic rings. The Morgan fingerprint density at radius 2 is 2.16 bits per heavy atom. The number of carbonyl (C=O) groups excluding carboxylic acids is 1. The Balaban J connectivity index is 2.17. The number of rotatable bonds is 3. The lowest BCUT2D eigenvalue weighted by Crippen LogP contribution is -2.53. The van der Waals surface area contributed by atoms with Crippen LogP contribution in [0.15, 0.2) is 18.2 Å². The molecule has 1 aliphatic rings. The summed E-state index contributed by atoms with van der Waals surface area (Å²) in [5, 5.41) is 3.11. The molecule has 1 amide bonds. The summed E-state index contributed by atoms with van der Waals surface area (Å²) in [5.74, 6) is 0.375. The van der Waals surface area contributed by atoms with Gasteiger partial charge in [-0.3, -0.25) is 4.79 Å². The van der Waals surface area contributed by atoms with Gasteiger partial charge in [0.2, 0.25) is 0 Å². The molecule has 0 spiro atoms. The molecule has 3 nitrogen and oxygen atoms in total. The molecule has 1 aromatic carbocycles. The highest BCUT2D eigenvalue weighted by Crippen LogP contribution is 2.24. The Bertz CT molecular complexity index is 473. The van der Waals surface area contributed by atoms with Crippen LogP contribution < -0.4 is 5.32 Å². The van der Waals surface area contributed by atoms with Gasteiger partial charge in [0.25, 0.3) is 5.91 Å². The number of hydrogen-bond acceptors (Lipinski definition) is 2. The molecule has 104 valence electrons. The maximum absolute atomic E-state index is 12.4. The first kappa shape index (κ1) is 15.1. The molecular formula is C14H17ClINO2. The zero-order valence-corrected chi connectivity index (χ0v) is 13.8. The molecule has 0 aromatic heterocycles. The predicted octanol–water partition coefficient (Wildman–Crippen LogP) is 3.12. The molecule has 0 radical (unpaired) electrons.